The van der Waals surface area contributed by atoms with E-state index in [9.17, 15) is 17.9 Å². The Hall–Kier alpha value is -1.18. The minimum atomic E-state index is -3.84. The average Bonchev–Trinajstić information content (AvgIpc) is 2.24. The number of benzene rings is 1. The molecule has 0 saturated carbocycles. The van der Waals surface area contributed by atoms with E-state index in [2.05, 4.69) is 4.72 Å². The van der Waals surface area contributed by atoms with Gasteiger partial charge in [0.05, 0.1) is 11.0 Å². The second-order valence-electron chi connectivity index (χ2n) is 3.63. The van der Waals surface area contributed by atoms with Gasteiger partial charge in [0.1, 0.15) is 5.82 Å². The van der Waals surface area contributed by atoms with Crippen LogP contribution in [-0.4, -0.2) is 26.2 Å². The van der Waals surface area contributed by atoms with Crippen LogP contribution in [0.25, 0.3) is 0 Å². The molecule has 0 aromatic heterocycles. The largest absolute Gasteiger partial charge is 0.399 e. The van der Waals surface area contributed by atoms with E-state index in [1.807, 2.05) is 0 Å². The first-order valence-corrected chi connectivity index (χ1v) is 6.57. The third kappa shape index (κ3) is 3.95. The first-order chi connectivity index (χ1) is 7.85. The highest BCUT2D eigenvalue weighted by Gasteiger charge is 2.16. The van der Waals surface area contributed by atoms with Crippen molar-refractivity contribution in [2.45, 2.75) is 24.3 Å². The molecule has 0 bridgehead atoms. The van der Waals surface area contributed by atoms with Crippen LogP contribution in [0.2, 0.25) is 0 Å². The Morgan fingerprint density at radius 3 is 2.65 bits per heavy atom. The van der Waals surface area contributed by atoms with Crippen molar-refractivity contribution in [3.63, 3.8) is 0 Å². The molecular weight excluding hydrogens is 247 g/mol. The van der Waals surface area contributed by atoms with E-state index in [4.69, 9.17) is 5.73 Å². The molecule has 0 radical (unpaired) electrons. The zero-order valence-electron chi connectivity index (χ0n) is 9.35. The third-order valence-electron chi connectivity index (χ3n) is 2.18. The lowest BCUT2D eigenvalue weighted by Gasteiger charge is -2.10. The molecule has 7 heteroatoms. The zero-order valence-corrected chi connectivity index (χ0v) is 10.2. The summed E-state index contributed by atoms with van der Waals surface area (Å²) in [4.78, 5) is -0.252. The Morgan fingerprint density at radius 1 is 1.47 bits per heavy atom. The summed E-state index contributed by atoms with van der Waals surface area (Å²) in [5.41, 5.74) is 5.39. The van der Waals surface area contributed by atoms with Crippen LogP contribution in [0.3, 0.4) is 0 Å². The second kappa shape index (κ2) is 5.44. The number of anilines is 1. The van der Waals surface area contributed by atoms with Gasteiger partial charge in [-0.2, -0.15) is 0 Å². The number of rotatable bonds is 5. The van der Waals surface area contributed by atoms with E-state index in [0.29, 0.717) is 6.42 Å². The van der Waals surface area contributed by atoms with Crippen LogP contribution in [-0.2, 0) is 10.0 Å². The maximum absolute atomic E-state index is 13.0. The van der Waals surface area contributed by atoms with Gasteiger partial charge in [-0.3, -0.25) is 0 Å². The van der Waals surface area contributed by atoms with Crippen LogP contribution in [0.4, 0.5) is 10.1 Å². The monoisotopic (exact) mass is 262 g/mol. The Labute approximate surface area is 99.5 Å². The van der Waals surface area contributed by atoms with Gasteiger partial charge in [-0.1, -0.05) is 6.92 Å². The van der Waals surface area contributed by atoms with E-state index >= 15 is 0 Å². The lowest BCUT2D eigenvalue weighted by Crippen LogP contribution is -2.31. The lowest BCUT2D eigenvalue weighted by atomic mass is 10.3. The number of nitrogen functional groups attached to an aromatic ring is 1. The fraction of sp³-hybridized carbons (Fsp3) is 0.400. The molecule has 1 aromatic carbocycles. The van der Waals surface area contributed by atoms with Gasteiger partial charge >= 0.3 is 0 Å². The molecule has 0 spiro atoms. The Bertz CT molecular complexity index is 470. The molecule has 0 saturated heterocycles. The quantitative estimate of drug-likeness (QED) is 0.672. The predicted octanol–water partition coefficient (Wildman–Crippen LogP) is 0.457. The summed E-state index contributed by atoms with van der Waals surface area (Å²) in [6.07, 6.45) is -0.343. The molecule has 0 aliphatic carbocycles. The predicted molar refractivity (Wildman–Crippen MR) is 62.3 cm³/mol. The number of nitrogens with one attached hydrogen (secondary N) is 1. The molecule has 1 rings (SSSR count). The van der Waals surface area contributed by atoms with Crippen molar-refractivity contribution >= 4 is 15.7 Å². The maximum atomic E-state index is 13.0. The molecule has 96 valence electrons. The smallest absolute Gasteiger partial charge is 0.240 e. The molecule has 1 atom stereocenters. The van der Waals surface area contributed by atoms with Gasteiger partial charge in [0.25, 0.3) is 0 Å². The van der Waals surface area contributed by atoms with Gasteiger partial charge in [0, 0.05) is 12.2 Å². The van der Waals surface area contributed by atoms with Crippen LogP contribution in [0.15, 0.2) is 23.1 Å². The normalized spacial score (nSPS) is 13.6. The molecule has 1 unspecified atom stereocenters. The summed E-state index contributed by atoms with van der Waals surface area (Å²) < 4.78 is 38.6. The number of aliphatic hydroxyl groups excluding tert-OH is 1. The van der Waals surface area contributed by atoms with Crippen LogP contribution in [0.1, 0.15) is 13.3 Å². The van der Waals surface area contributed by atoms with Gasteiger partial charge in [0.2, 0.25) is 10.0 Å². The SMILES string of the molecule is CCC(O)CNS(=O)(=O)c1cc(N)cc(F)c1. The molecule has 17 heavy (non-hydrogen) atoms. The van der Waals surface area contributed by atoms with E-state index in [-0.39, 0.29) is 17.1 Å². The standard InChI is InChI=1S/C10H15FN2O3S/c1-2-9(14)6-13-17(15,16)10-4-7(11)3-8(12)5-10/h3-5,9,13-14H,2,6,12H2,1H3. The summed E-state index contributed by atoms with van der Waals surface area (Å²) in [6.45, 7) is 1.61. The minimum Gasteiger partial charge on any atom is -0.399 e. The van der Waals surface area contributed by atoms with Crippen molar-refractivity contribution in [1.29, 1.82) is 0 Å². The first kappa shape index (κ1) is 13.9. The first-order valence-electron chi connectivity index (χ1n) is 5.09. The Balaban J connectivity index is 2.89. The molecule has 0 fully saturated rings. The number of nitrogens with two attached hydrogens (primary N) is 1. The number of aliphatic hydroxyl groups is 1. The van der Waals surface area contributed by atoms with E-state index in [1.54, 1.807) is 6.92 Å². The lowest BCUT2D eigenvalue weighted by molar-refractivity contribution is 0.174. The summed E-state index contributed by atoms with van der Waals surface area (Å²) >= 11 is 0. The van der Waals surface area contributed by atoms with Gasteiger partial charge in [-0.15, -0.1) is 0 Å². The molecule has 1 aromatic rings. The summed E-state index contributed by atoms with van der Waals surface area (Å²) in [5, 5.41) is 9.25. The highest BCUT2D eigenvalue weighted by molar-refractivity contribution is 7.89. The molecule has 0 aliphatic heterocycles. The number of hydrogen-bond donors (Lipinski definition) is 3. The van der Waals surface area contributed by atoms with Crippen LogP contribution < -0.4 is 10.5 Å². The number of sulfonamides is 1. The molecule has 0 heterocycles. The number of halogens is 1. The molecule has 4 N–H and O–H groups in total. The maximum Gasteiger partial charge on any atom is 0.240 e. The van der Waals surface area contributed by atoms with E-state index in [0.717, 1.165) is 18.2 Å². The highest BCUT2D eigenvalue weighted by Crippen LogP contribution is 2.15. The van der Waals surface area contributed by atoms with Gasteiger partial charge in [-0.05, 0) is 24.6 Å². The van der Waals surface area contributed by atoms with Crippen molar-refractivity contribution in [2.24, 2.45) is 0 Å². The fourth-order valence-electron chi connectivity index (χ4n) is 1.17. The van der Waals surface area contributed by atoms with Crippen molar-refractivity contribution < 1.29 is 17.9 Å². The van der Waals surface area contributed by atoms with Crippen molar-refractivity contribution in [3.8, 4) is 0 Å². The van der Waals surface area contributed by atoms with Crippen molar-refractivity contribution in [2.75, 3.05) is 12.3 Å². The summed E-state index contributed by atoms with van der Waals surface area (Å²) in [5.74, 6) is -0.721. The van der Waals surface area contributed by atoms with E-state index < -0.39 is 21.9 Å². The second-order valence-corrected chi connectivity index (χ2v) is 5.40. The molecule has 5 nitrogen and oxygen atoms in total. The molecular formula is C10H15FN2O3S. The zero-order chi connectivity index (χ0) is 13.1. The van der Waals surface area contributed by atoms with Crippen LogP contribution >= 0.6 is 0 Å². The third-order valence-corrected chi connectivity index (χ3v) is 3.59. The average molecular weight is 262 g/mol. The summed E-state index contributed by atoms with van der Waals surface area (Å²) in [6, 6.07) is 3.06. The van der Waals surface area contributed by atoms with Crippen molar-refractivity contribution in [1.82, 2.24) is 4.72 Å². The Morgan fingerprint density at radius 2 is 2.12 bits per heavy atom. The summed E-state index contributed by atoms with van der Waals surface area (Å²) in [7, 11) is -3.84. The topological polar surface area (TPSA) is 92.4 Å². The highest BCUT2D eigenvalue weighted by atomic mass is 32.2. The van der Waals surface area contributed by atoms with Gasteiger partial charge in [0.15, 0.2) is 0 Å². The van der Waals surface area contributed by atoms with E-state index in [1.165, 1.54) is 0 Å². The molecule has 0 amide bonds. The molecule has 0 aliphatic rings. The van der Waals surface area contributed by atoms with Crippen molar-refractivity contribution in [3.05, 3.63) is 24.0 Å². The van der Waals surface area contributed by atoms with Crippen LogP contribution in [0, 0.1) is 5.82 Å². The number of hydrogen-bond acceptors (Lipinski definition) is 4. The minimum absolute atomic E-state index is 0.0291. The van der Waals surface area contributed by atoms with Crippen LogP contribution in [0.5, 0.6) is 0 Å². The fourth-order valence-corrected chi connectivity index (χ4v) is 2.31. The van der Waals surface area contributed by atoms with Gasteiger partial charge < -0.3 is 10.8 Å². The Kier molecular flexibility index (Phi) is 4.44. The van der Waals surface area contributed by atoms with Gasteiger partial charge in [-0.25, -0.2) is 17.5 Å².